The fourth-order valence-corrected chi connectivity index (χ4v) is 3.64. The van der Waals surface area contributed by atoms with E-state index in [1.807, 2.05) is 59.5 Å². The van der Waals surface area contributed by atoms with E-state index in [0.29, 0.717) is 24.8 Å². The minimum Gasteiger partial charge on any atom is -0.382 e. The number of amides is 1. The molecule has 0 aliphatic rings. The van der Waals surface area contributed by atoms with Crippen LogP contribution in [0.2, 0.25) is 5.02 Å². The highest BCUT2D eigenvalue weighted by Crippen LogP contribution is 2.29. The fraction of sp³-hybridized carbons (Fsp3) is 0.300. The Kier molecular flexibility index (Phi) is 7.04. The third-order valence-electron chi connectivity index (χ3n) is 4.00. The van der Waals surface area contributed by atoms with E-state index in [4.69, 9.17) is 21.3 Å². The van der Waals surface area contributed by atoms with Crippen LogP contribution in [-0.2, 0) is 16.1 Å². The van der Waals surface area contributed by atoms with Crippen LogP contribution in [0.4, 0.5) is 0 Å². The second-order valence-electron chi connectivity index (χ2n) is 5.97. The van der Waals surface area contributed by atoms with Gasteiger partial charge in [-0.1, -0.05) is 23.7 Å². The van der Waals surface area contributed by atoms with Crippen LogP contribution in [0.15, 0.2) is 48.0 Å². The van der Waals surface area contributed by atoms with Crippen molar-refractivity contribution >= 4 is 28.8 Å². The molecule has 0 bridgehead atoms. The number of hydrogen-bond acceptors (Lipinski definition) is 4. The third-order valence-corrected chi connectivity index (χ3v) is 5.12. The van der Waals surface area contributed by atoms with Crippen LogP contribution in [0.25, 0.3) is 22.0 Å². The lowest BCUT2D eigenvalue weighted by atomic mass is 10.2. The summed E-state index contributed by atoms with van der Waals surface area (Å²) in [5.41, 5.74) is 2.86. The number of hydrogen-bond donors (Lipinski definition) is 1. The van der Waals surface area contributed by atoms with E-state index in [-0.39, 0.29) is 12.5 Å². The second kappa shape index (κ2) is 9.69. The van der Waals surface area contributed by atoms with Crippen LogP contribution >= 0.6 is 22.9 Å². The summed E-state index contributed by atoms with van der Waals surface area (Å²) < 4.78 is 7.19. The molecule has 0 aliphatic heterocycles. The van der Waals surface area contributed by atoms with Gasteiger partial charge in [0.2, 0.25) is 5.91 Å². The smallest absolute Gasteiger partial charge is 0.239 e. The molecule has 0 saturated carbocycles. The number of aromatic nitrogens is 2. The number of rotatable bonds is 9. The van der Waals surface area contributed by atoms with Crippen molar-refractivity contribution in [3.63, 3.8) is 0 Å². The first kappa shape index (κ1) is 19.6. The molecule has 0 saturated heterocycles. The van der Waals surface area contributed by atoms with E-state index in [9.17, 15) is 4.79 Å². The number of carbonyl (C=O) groups is 1. The molecule has 2 aromatic heterocycles. The molecule has 0 aliphatic carbocycles. The molecule has 142 valence electrons. The monoisotopic (exact) mass is 403 g/mol. The summed E-state index contributed by atoms with van der Waals surface area (Å²) in [6.45, 7) is 4.22. The van der Waals surface area contributed by atoms with Crippen molar-refractivity contribution in [2.75, 3.05) is 19.8 Å². The molecular weight excluding hydrogens is 382 g/mol. The van der Waals surface area contributed by atoms with Gasteiger partial charge in [-0.05, 0) is 37.6 Å². The summed E-state index contributed by atoms with van der Waals surface area (Å²) in [7, 11) is 0. The zero-order chi connectivity index (χ0) is 19.1. The molecule has 5 nitrogen and oxygen atoms in total. The standard InChI is InChI=1S/C20H22ClN3O2S/c1-2-26-12-4-10-22-19(25)13-24-11-3-5-18(24)20-23-17(14-27-20)15-6-8-16(21)9-7-15/h3,5-9,11,14H,2,4,10,12-13H2,1H3,(H,22,25). The zero-order valence-electron chi connectivity index (χ0n) is 15.2. The lowest BCUT2D eigenvalue weighted by molar-refractivity contribution is -0.121. The van der Waals surface area contributed by atoms with Crippen molar-refractivity contribution in [1.82, 2.24) is 14.9 Å². The van der Waals surface area contributed by atoms with E-state index in [1.165, 1.54) is 0 Å². The maximum Gasteiger partial charge on any atom is 0.239 e. The summed E-state index contributed by atoms with van der Waals surface area (Å²) in [5, 5.41) is 6.53. The van der Waals surface area contributed by atoms with Crippen molar-refractivity contribution in [2.24, 2.45) is 0 Å². The number of halogens is 1. The quantitative estimate of drug-likeness (QED) is 0.536. The molecule has 27 heavy (non-hydrogen) atoms. The molecule has 0 atom stereocenters. The average Bonchev–Trinajstić information content (AvgIpc) is 3.31. The van der Waals surface area contributed by atoms with Crippen molar-refractivity contribution in [1.29, 1.82) is 0 Å². The summed E-state index contributed by atoms with van der Waals surface area (Å²) in [5.74, 6) is -0.0153. The Morgan fingerprint density at radius 2 is 2.11 bits per heavy atom. The van der Waals surface area contributed by atoms with Gasteiger partial charge < -0.3 is 14.6 Å². The third kappa shape index (κ3) is 5.42. The fourth-order valence-electron chi connectivity index (χ4n) is 2.65. The SMILES string of the molecule is CCOCCCNC(=O)Cn1cccc1-c1nc(-c2ccc(Cl)cc2)cs1. The van der Waals surface area contributed by atoms with Gasteiger partial charge in [-0.15, -0.1) is 11.3 Å². The van der Waals surface area contributed by atoms with E-state index >= 15 is 0 Å². The van der Waals surface area contributed by atoms with Gasteiger partial charge in [-0.25, -0.2) is 4.98 Å². The number of carbonyl (C=O) groups excluding carboxylic acids is 1. The van der Waals surface area contributed by atoms with E-state index in [0.717, 1.165) is 28.4 Å². The number of ether oxygens (including phenoxy) is 1. The summed E-state index contributed by atoms with van der Waals surface area (Å²) in [6, 6.07) is 11.5. The van der Waals surface area contributed by atoms with Crippen LogP contribution in [0.5, 0.6) is 0 Å². The van der Waals surface area contributed by atoms with Crippen molar-refractivity contribution < 1.29 is 9.53 Å². The topological polar surface area (TPSA) is 56.1 Å². The van der Waals surface area contributed by atoms with E-state index in [2.05, 4.69) is 5.32 Å². The summed E-state index contributed by atoms with van der Waals surface area (Å²) >= 11 is 7.51. The van der Waals surface area contributed by atoms with Crippen molar-refractivity contribution in [3.8, 4) is 22.0 Å². The Morgan fingerprint density at radius 1 is 1.30 bits per heavy atom. The highest BCUT2D eigenvalue weighted by molar-refractivity contribution is 7.13. The minimum atomic E-state index is -0.0153. The lowest BCUT2D eigenvalue weighted by Gasteiger charge is -2.08. The van der Waals surface area contributed by atoms with Gasteiger partial charge >= 0.3 is 0 Å². The Morgan fingerprint density at radius 3 is 2.89 bits per heavy atom. The van der Waals surface area contributed by atoms with Crippen LogP contribution in [0.3, 0.4) is 0 Å². The molecule has 0 unspecified atom stereocenters. The largest absolute Gasteiger partial charge is 0.382 e. The molecule has 0 radical (unpaired) electrons. The van der Waals surface area contributed by atoms with Gasteiger partial charge in [-0.3, -0.25) is 4.79 Å². The molecule has 0 fully saturated rings. The Balaban J connectivity index is 1.63. The predicted octanol–water partition coefficient (Wildman–Crippen LogP) is 4.47. The Labute approximate surface area is 168 Å². The highest BCUT2D eigenvalue weighted by Gasteiger charge is 2.12. The van der Waals surface area contributed by atoms with Gasteiger partial charge in [-0.2, -0.15) is 0 Å². The average molecular weight is 404 g/mol. The normalized spacial score (nSPS) is 10.9. The molecule has 0 spiro atoms. The van der Waals surface area contributed by atoms with Crippen LogP contribution in [-0.4, -0.2) is 35.2 Å². The first-order valence-corrected chi connectivity index (χ1v) is 10.1. The van der Waals surface area contributed by atoms with E-state index in [1.54, 1.807) is 11.3 Å². The van der Waals surface area contributed by atoms with Gasteiger partial charge in [0.25, 0.3) is 0 Å². The van der Waals surface area contributed by atoms with Gasteiger partial charge in [0.05, 0.1) is 11.4 Å². The number of thiazole rings is 1. The lowest BCUT2D eigenvalue weighted by Crippen LogP contribution is -2.29. The van der Waals surface area contributed by atoms with Gasteiger partial charge in [0.1, 0.15) is 11.6 Å². The molecule has 1 aromatic carbocycles. The molecular formula is C20H22ClN3O2S. The first-order chi connectivity index (χ1) is 13.2. The second-order valence-corrected chi connectivity index (χ2v) is 7.26. The van der Waals surface area contributed by atoms with Crippen molar-refractivity contribution in [2.45, 2.75) is 19.9 Å². The minimum absolute atomic E-state index is 0.0153. The van der Waals surface area contributed by atoms with Crippen LogP contribution < -0.4 is 5.32 Å². The maximum atomic E-state index is 12.2. The van der Waals surface area contributed by atoms with Crippen molar-refractivity contribution in [3.05, 3.63) is 53.0 Å². The highest BCUT2D eigenvalue weighted by atomic mass is 35.5. The first-order valence-electron chi connectivity index (χ1n) is 8.89. The molecule has 3 aromatic rings. The predicted molar refractivity (Wildman–Crippen MR) is 110 cm³/mol. The number of nitrogens with one attached hydrogen (secondary N) is 1. The Hall–Kier alpha value is -2.15. The van der Waals surface area contributed by atoms with Gasteiger partial charge in [0.15, 0.2) is 0 Å². The van der Waals surface area contributed by atoms with Crippen LogP contribution in [0.1, 0.15) is 13.3 Å². The maximum absolute atomic E-state index is 12.2. The van der Waals surface area contributed by atoms with Crippen LogP contribution in [0, 0.1) is 0 Å². The molecule has 3 rings (SSSR count). The number of benzene rings is 1. The number of nitrogens with zero attached hydrogens (tertiary/aromatic N) is 2. The Bertz CT molecular complexity index is 873. The molecule has 2 heterocycles. The summed E-state index contributed by atoms with van der Waals surface area (Å²) in [4.78, 5) is 16.9. The summed E-state index contributed by atoms with van der Waals surface area (Å²) in [6.07, 6.45) is 2.72. The molecule has 1 amide bonds. The zero-order valence-corrected chi connectivity index (χ0v) is 16.7. The molecule has 1 N–H and O–H groups in total. The molecule has 7 heteroatoms. The van der Waals surface area contributed by atoms with E-state index < -0.39 is 0 Å². The van der Waals surface area contributed by atoms with Gasteiger partial charge in [0, 0.05) is 41.9 Å².